The molecule has 0 bridgehead atoms. The van der Waals surface area contributed by atoms with E-state index < -0.39 is 0 Å². The third-order valence-electron chi connectivity index (χ3n) is 2.70. The zero-order valence-electron chi connectivity index (χ0n) is 8.31. The first-order valence-corrected chi connectivity index (χ1v) is 5.32. The smallest absolute Gasteiger partial charge is 0.0409 e. The summed E-state index contributed by atoms with van der Waals surface area (Å²) in [7, 11) is 1.98. The van der Waals surface area contributed by atoms with Gasteiger partial charge >= 0.3 is 0 Å². The Morgan fingerprint density at radius 1 is 1.57 bits per heavy atom. The van der Waals surface area contributed by atoms with Crippen molar-refractivity contribution in [3.8, 4) is 0 Å². The summed E-state index contributed by atoms with van der Waals surface area (Å²) in [4.78, 5) is 0. The first kappa shape index (κ1) is 9.97. The summed E-state index contributed by atoms with van der Waals surface area (Å²) < 4.78 is 0. The third-order valence-corrected chi connectivity index (χ3v) is 2.94. The summed E-state index contributed by atoms with van der Waals surface area (Å²) in [5.41, 5.74) is 2.77. The lowest BCUT2D eigenvalue weighted by molar-refractivity contribution is 0.521. The van der Waals surface area contributed by atoms with E-state index >= 15 is 0 Å². The van der Waals surface area contributed by atoms with Crippen LogP contribution in [-0.2, 0) is 6.54 Å². The highest BCUT2D eigenvalue weighted by Crippen LogP contribution is 2.26. The van der Waals surface area contributed by atoms with E-state index in [1.807, 2.05) is 13.1 Å². The van der Waals surface area contributed by atoms with Crippen LogP contribution in [0.1, 0.15) is 17.0 Å². The van der Waals surface area contributed by atoms with Crippen molar-refractivity contribution in [1.82, 2.24) is 10.6 Å². The van der Waals surface area contributed by atoms with Crippen molar-refractivity contribution >= 4 is 11.6 Å². The zero-order valence-corrected chi connectivity index (χ0v) is 9.06. The lowest BCUT2D eigenvalue weighted by Crippen LogP contribution is -2.33. The van der Waals surface area contributed by atoms with Crippen molar-refractivity contribution in [2.75, 3.05) is 20.1 Å². The van der Waals surface area contributed by atoms with Crippen molar-refractivity contribution in [3.05, 3.63) is 34.3 Å². The van der Waals surface area contributed by atoms with Gasteiger partial charge in [0.25, 0.3) is 0 Å². The Morgan fingerprint density at radius 2 is 2.43 bits per heavy atom. The maximum Gasteiger partial charge on any atom is 0.0409 e. The lowest BCUT2D eigenvalue weighted by Gasteiger charge is -2.26. The summed E-state index contributed by atoms with van der Waals surface area (Å²) in [5, 5.41) is 7.47. The Balaban J connectivity index is 2.32. The van der Waals surface area contributed by atoms with Crippen LogP contribution in [0.2, 0.25) is 5.02 Å². The van der Waals surface area contributed by atoms with Gasteiger partial charge in [-0.05, 0) is 30.3 Å². The number of hydrogen-bond acceptors (Lipinski definition) is 2. The van der Waals surface area contributed by atoms with E-state index in [9.17, 15) is 0 Å². The Bertz CT molecular complexity index is 325. The van der Waals surface area contributed by atoms with Gasteiger partial charge in [0.15, 0.2) is 0 Å². The summed E-state index contributed by atoms with van der Waals surface area (Å²) in [6.45, 7) is 3.00. The largest absolute Gasteiger partial charge is 0.319 e. The van der Waals surface area contributed by atoms with Gasteiger partial charge < -0.3 is 10.6 Å². The molecule has 2 rings (SSSR count). The molecule has 76 valence electrons. The van der Waals surface area contributed by atoms with Gasteiger partial charge in [0.2, 0.25) is 0 Å². The number of halogens is 1. The van der Waals surface area contributed by atoms with E-state index in [0.29, 0.717) is 5.92 Å². The van der Waals surface area contributed by atoms with Gasteiger partial charge in [-0.2, -0.15) is 0 Å². The minimum atomic E-state index is 0.544. The van der Waals surface area contributed by atoms with Crippen molar-refractivity contribution in [2.24, 2.45) is 0 Å². The standard InChI is InChI=1S/C11H15ClN2/c1-13-5-9-7-14-6-8-2-3-10(12)4-11(8)9/h2-4,9,13-14H,5-7H2,1H3. The van der Waals surface area contributed by atoms with E-state index in [-0.39, 0.29) is 0 Å². The van der Waals surface area contributed by atoms with Crippen LogP contribution in [0.25, 0.3) is 0 Å². The molecule has 0 saturated heterocycles. The molecule has 0 spiro atoms. The lowest BCUT2D eigenvalue weighted by atomic mass is 9.91. The monoisotopic (exact) mass is 210 g/mol. The van der Waals surface area contributed by atoms with Crippen LogP contribution in [0.5, 0.6) is 0 Å². The highest BCUT2D eigenvalue weighted by molar-refractivity contribution is 6.30. The Kier molecular flexibility index (Phi) is 3.06. The van der Waals surface area contributed by atoms with Gasteiger partial charge in [-0.3, -0.25) is 0 Å². The number of hydrogen-bond donors (Lipinski definition) is 2. The van der Waals surface area contributed by atoms with E-state index in [1.54, 1.807) is 0 Å². The van der Waals surface area contributed by atoms with Crippen LogP contribution in [0.15, 0.2) is 18.2 Å². The fourth-order valence-electron chi connectivity index (χ4n) is 2.03. The molecule has 2 N–H and O–H groups in total. The van der Waals surface area contributed by atoms with Crippen LogP contribution >= 0.6 is 11.6 Å². The molecule has 1 aromatic carbocycles. The fourth-order valence-corrected chi connectivity index (χ4v) is 2.21. The molecule has 0 amide bonds. The van der Waals surface area contributed by atoms with E-state index in [2.05, 4.69) is 22.8 Å². The molecular formula is C11H15ClN2. The average molecular weight is 211 g/mol. The maximum atomic E-state index is 6.00. The van der Waals surface area contributed by atoms with Crippen LogP contribution in [0, 0.1) is 0 Å². The first-order chi connectivity index (χ1) is 6.81. The second kappa shape index (κ2) is 4.30. The van der Waals surface area contributed by atoms with E-state index in [4.69, 9.17) is 11.6 Å². The minimum absolute atomic E-state index is 0.544. The molecule has 1 aromatic rings. The second-order valence-corrected chi connectivity index (χ2v) is 4.17. The molecule has 14 heavy (non-hydrogen) atoms. The summed E-state index contributed by atoms with van der Waals surface area (Å²) in [6.07, 6.45) is 0. The highest BCUT2D eigenvalue weighted by Gasteiger charge is 2.18. The van der Waals surface area contributed by atoms with Crippen LogP contribution in [0.4, 0.5) is 0 Å². The van der Waals surface area contributed by atoms with Gasteiger partial charge in [0.05, 0.1) is 0 Å². The van der Waals surface area contributed by atoms with Crippen LogP contribution in [0.3, 0.4) is 0 Å². The molecule has 0 aromatic heterocycles. The van der Waals surface area contributed by atoms with Gasteiger partial charge in [-0.1, -0.05) is 17.7 Å². The number of likely N-dealkylation sites (N-methyl/N-ethyl adjacent to an activating group) is 1. The van der Waals surface area contributed by atoms with Gasteiger partial charge in [-0.15, -0.1) is 0 Å². The maximum absolute atomic E-state index is 6.00. The second-order valence-electron chi connectivity index (χ2n) is 3.73. The molecule has 3 heteroatoms. The van der Waals surface area contributed by atoms with Gasteiger partial charge in [-0.25, -0.2) is 0 Å². The minimum Gasteiger partial charge on any atom is -0.319 e. The summed E-state index contributed by atoms with van der Waals surface area (Å²) >= 11 is 6.00. The van der Waals surface area contributed by atoms with Crippen molar-refractivity contribution in [3.63, 3.8) is 0 Å². The van der Waals surface area contributed by atoms with Crippen molar-refractivity contribution in [2.45, 2.75) is 12.5 Å². The normalized spacial score (nSPS) is 20.6. The van der Waals surface area contributed by atoms with Crippen molar-refractivity contribution in [1.29, 1.82) is 0 Å². The SMILES string of the molecule is CNCC1CNCc2ccc(Cl)cc21. The molecule has 0 saturated carbocycles. The topological polar surface area (TPSA) is 24.1 Å². The average Bonchev–Trinajstić information content (AvgIpc) is 2.19. The van der Waals surface area contributed by atoms with Crippen molar-refractivity contribution < 1.29 is 0 Å². The molecule has 1 heterocycles. The molecule has 0 aliphatic carbocycles. The molecular weight excluding hydrogens is 196 g/mol. The molecule has 1 atom stereocenters. The molecule has 2 nitrogen and oxygen atoms in total. The quantitative estimate of drug-likeness (QED) is 0.777. The number of nitrogens with one attached hydrogen (secondary N) is 2. The fraction of sp³-hybridized carbons (Fsp3) is 0.455. The Morgan fingerprint density at radius 3 is 3.21 bits per heavy atom. The molecule has 0 radical (unpaired) electrons. The van der Waals surface area contributed by atoms with Crippen LogP contribution in [-0.4, -0.2) is 20.1 Å². The number of rotatable bonds is 2. The summed E-state index contributed by atoms with van der Waals surface area (Å²) in [6, 6.07) is 6.18. The Labute approximate surface area is 89.7 Å². The first-order valence-electron chi connectivity index (χ1n) is 4.95. The highest BCUT2D eigenvalue weighted by atomic mass is 35.5. The molecule has 1 aliphatic heterocycles. The van der Waals surface area contributed by atoms with Gasteiger partial charge in [0, 0.05) is 30.6 Å². The van der Waals surface area contributed by atoms with E-state index in [1.165, 1.54) is 11.1 Å². The third kappa shape index (κ3) is 1.92. The summed E-state index contributed by atoms with van der Waals surface area (Å²) in [5.74, 6) is 0.544. The Hall–Kier alpha value is -0.570. The molecule has 1 aliphatic rings. The van der Waals surface area contributed by atoms with Crippen LogP contribution < -0.4 is 10.6 Å². The number of benzene rings is 1. The zero-order chi connectivity index (χ0) is 9.97. The predicted molar refractivity (Wildman–Crippen MR) is 59.8 cm³/mol. The van der Waals surface area contributed by atoms with E-state index in [0.717, 1.165) is 24.7 Å². The molecule has 1 unspecified atom stereocenters. The number of fused-ring (bicyclic) bond motifs is 1. The molecule has 0 fully saturated rings. The van der Waals surface area contributed by atoms with Gasteiger partial charge in [0.1, 0.15) is 0 Å². The predicted octanol–water partition coefficient (Wildman–Crippen LogP) is 1.75.